The summed E-state index contributed by atoms with van der Waals surface area (Å²) in [7, 11) is 1.79. The summed E-state index contributed by atoms with van der Waals surface area (Å²) >= 11 is 0. The number of carbonyl (C=O) groups excluding carboxylic acids is 2. The smallest absolute Gasteiger partial charge is 0.199 e. The van der Waals surface area contributed by atoms with Crippen LogP contribution in [0.3, 0.4) is 0 Å². The average Bonchev–Trinajstić information content (AvgIpc) is 2.64. The Kier molecular flexibility index (Phi) is 2.23. The van der Waals surface area contributed by atoms with Crippen molar-refractivity contribution in [3.63, 3.8) is 0 Å². The van der Waals surface area contributed by atoms with Gasteiger partial charge in [0.25, 0.3) is 0 Å². The second-order valence-corrected chi connectivity index (χ2v) is 4.15. The Hall–Kier alpha value is -2.49. The van der Waals surface area contributed by atoms with Gasteiger partial charge in [-0.25, -0.2) is 0 Å². The van der Waals surface area contributed by atoms with Crippen molar-refractivity contribution in [2.24, 2.45) is 4.99 Å². The first-order valence-corrected chi connectivity index (χ1v) is 5.55. The van der Waals surface area contributed by atoms with Crippen molar-refractivity contribution in [1.29, 1.82) is 0 Å². The molecule has 0 amide bonds. The normalized spacial score (nSPS) is 17.7. The first-order valence-electron chi connectivity index (χ1n) is 5.55. The Morgan fingerprint density at radius 3 is 2.22 bits per heavy atom. The van der Waals surface area contributed by atoms with E-state index in [1.165, 1.54) is 6.21 Å². The Morgan fingerprint density at radius 2 is 1.67 bits per heavy atom. The molecule has 0 N–H and O–H groups in total. The minimum absolute atomic E-state index is 0.201. The molecule has 0 saturated heterocycles. The molecule has 88 valence electrons. The molecule has 0 unspecified atom stereocenters. The molecule has 1 aromatic carbocycles. The highest BCUT2D eigenvalue weighted by atomic mass is 16.2. The van der Waals surface area contributed by atoms with Gasteiger partial charge in [-0.15, -0.1) is 0 Å². The van der Waals surface area contributed by atoms with Crippen molar-refractivity contribution in [1.82, 2.24) is 4.90 Å². The zero-order chi connectivity index (χ0) is 12.7. The van der Waals surface area contributed by atoms with Crippen molar-refractivity contribution in [2.75, 3.05) is 7.05 Å². The number of allylic oxidation sites excluding steroid dienone is 2. The number of hydrogen-bond acceptors (Lipinski definition) is 4. The molecule has 0 spiro atoms. The van der Waals surface area contributed by atoms with Gasteiger partial charge in [-0.2, -0.15) is 0 Å². The maximum atomic E-state index is 12.3. The summed E-state index contributed by atoms with van der Waals surface area (Å²) in [5.41, 5.74) is 1.69. The van der Waals surface area contributed by atoms with Crippen molar-refractivity contribution in [3.8, 4) is 0 Å². The summed E-state index contributed by atoms with van der Waals surface area (Å²) in [5, 5.41) is 0. The van der Waals surface area contributed by atoms with Gasteiger partial charge in [0, 0.05) is 30.6 Å². The molecule has 0 radical (unpaired) electrons. The molecule has 0 aromatic heterocycles. The highest BCUT2D eigenvalue weighted by molar-refractivity contribution is 6.40. The minimum Gasteiger partial charge on any atom is -0.348 e. The number of fused-ring (bicyclic) bond motifs is 1. The van der Waals surface area contributed by atoms with Crippen LogP contribution >= 0.6 is 0 Å². The van der Waals surface area contributed by atoms with Crippen LogP contribution in [0.1, 0.15) is 20.7 Å². The van der Waals surface area contributed by atoms with E-state index in [9.17, 15) is 9.59 Å². The molecule has 4 nitrogen and oxygen atoms in total. The van der Waals surface area contributed by atoms with Gasteiger partial charge in [0.05, 0.1) is 17.5 Å². The predicted molar refractivity (Wildman–Crippen MR) is 67.5 cm³/mol. The van der Waals surface area contributed by atoms with E-state index < -0.39 is 0 Å². The van der Waals surface area contributed by atoms with Gasteiger partial charge in [-0.3, -0.25) is 14.6 Å². The second-order valence-electron chi connectivity index (χ2n) is 4.15. The minimum atomic E-state index is -0.223. The van der Waals surface area contributed by atoms with E-state index in [0.29, 0.717) is 16.8 Å². The number of Topliss-reactive ketones (excluding diaryl/α,β-unsaturated/α-hetero) is 2. The van der Waals surface area contributed by atoms with Gasteiger partial charge in [0.15, 0.2) is 11.6 Å². The number of hydrogen-bond donors (Lipinski definition) is 0. The van der Waals surface area contributed by atoms with Gasteiger partial charge in [-0.05, 0) is 0 Å². The van der Waals surface area contributed by atoms with E-state index in [4.69, 9.17) is 0 Å². The van der Waals surface area contributed by atoms with Crippen LogP contribution in [0, 0.1) is 0 Å². The summed E-state index contributed by atoms with van der Waals surface area (Å²) in [6.45, 7) is 0. The maximum absolute atomic E-state index is 12.3. The predicted octanol–water partition coefficient (Wildman–Crippen LogP) is 1.81. The van der Waals surface area contributed by atoms with Crippen LogP contribution in [0.15, 0.2) is 52.9 Å². The third-order valence-corrected chi connectivity index (χ3v) is 3.08. The van der Waals surface area contributed by atoms with Gasteiger partial charge in [0.2, 0.25) is 0 Å². The summed E-state index contributed by atoms with van der Waals surface area (Å²) in [6, 6.07) is 6.88. The summed E-state index contributed by atoms with van der Waals surface area (Å²) in [4.78, 5) is 30.2. The number of nitrogens with zero attached hydrogens (tertiary/aromatic N) is 2. The molecule has 3 rings (SSSR count). The summed E-state index contributed by atoms with van der Waals surface area (Å²) in [6.07, 6.45) is 4.87. The lowest BCUT2D eigenvalue weighted by molar-refractivity contribution is 0.0985. The third-order valence-electron chi connectivity index (χ3n) is 3.08. The molecule has 18 heavy (non-hydrogen) atoms. The van der Waals surface area contributed by atoms with Crippen LogP contribution < -0.4 is 0 Å². The summed E-state index contributed by atoms with van der Waals surface area (Å²) < 4.78 is 0. The van der Waals surface area contributed by atoms with Crippen LogP contribution in [0.2, 0.25) is 0 Å². The maximum Gasteiger partial charge on any atom is 0.199 e. The lowest BCUT2D eigenvalue weighted by Crippen LogP contribution is -2.20. The van der Waals surface area contributed by atoms with E-state index in [2.05, 4.69) is 4.99 Å². The molecule has 2 aliphatic rings. The van der Waals surface area contributed by atoms with Gasteiger partial charge >= 0.3 is 0 Å². The van der Waals surface area contributed by atoms with Crippen molar-refractivity contribution in [2.45, 2.75) is 0 Å². The van der Waals surface area contributed by atoms with Crippen molar-refractivity contribution >= 4 is 17.8 Å². The number of ketones is 2. The largest absolute Gasteiger partial charge is 0.348 e. The van der Waals surface area contributed by atoms with E-state index in [1.807, 2.05) is 0 Å². The fourth-order valence-corrected chi connectivity index (χ4v) is 2.15. The molecule has 0 fully saturated rings. The van der Waals surface area contributed by atoms with Crippen LogP contribution in [0.25, 0.3) is 0 Å². The van der Waals surface area contributed by atoms with E-state index in [1.54, 1.807) is 48.6 Å². The number of benzene rings is 1. The van der Waals surface area contributed by atoms with Crippen LogP contribution in [0.4, 0.5) is 0 Å². The second kappa shape index (κ2) is 3.77. The van der Waals surface area contributed by atoms with Crippen molar-refractivity contribution in [3.05, 3.63) is 59.1 Å². The molecule has 1 heterocycles. The fraction of sp³-hybridized carbons (Fsp3) is 0.0714. The Bertz CT molecular complexity index is 617. The first-order chi connectivity index (χ1) is 8.70. The van der Waals surface area contributed by atoms with E-state index in [0.717, 1.165) is 0 Å². The topological polar surface area (TPSA) is 49.7 Å². The standard InChI is InChI=1S/C14H10N2O2/c1-16-7-6-15-8-11(16)12-13(17)9-4-2-3-5-10(9)14(12)18/h2-8H,1H3. The lowest BCUT2D eigenvalue weighted by atomic mass is 10.1. The number of carbonyl (C=O) groups is 2. The molecule has 0 atom stereocenters. The van der Waals surface area contributed by atoms with E-state index in [-0.39, 0.29) is 17.1 Å². The molecule has 0 bridgehead atoms. The average molecular weight is 238 g/mol. The van der Waals surface area contributed by atoms with Gasteiger partial charge < -0.3 is 4.90 Å². The molecule has 4 heteroatoms. The summed E-state index contributed by atoms with van der Waals surface area (Å²) in [5.74, 6) is -0.446. The zero-order valence-corrected chi connectivity index (χ0v) is 9.75. The first kappa shape index (κ1) is 10.7. The van der Waals surface area contributed by atoms with Crippen LogP contribution in [0.5, 0.6) is 0 Å². The molecule has 1 aliphatic carbocycles. The molecular formula is C14H10N2O2. The third kappa shape index (κ3) is 1.35. The Labute approximate surface area is 104 Å². The monoisotopic (exact) mass is 238 g/mol. The Morgan fingerprint density at radius 1 is 1.06 bits per heavy atom. The highest BCUT2D eigenvalue weighted by Crippen LogP contribution is 2.29. The van der Waals surface area contributed by atoms with Crippen LogP contribution in [-0.4, -0.2) is 29.7 Å². The molecular weight excluding hydrogens is 228 g/mol. The Balaban J connectivity index is 2.21. The lowest BCUT2D eigenvalue weighted by Gasteiger charge is -2.18. The molecule has 0 saturated carbocycles. The van der Waals surface area contributed by atoms with Gasteiger partial charge in [-0.1, -0.05) is 24.3 Å². The van der Waals surface area contributed by atoms with Gasteiger partial charge in [0.1, 0.15) is 0 Å². The number of rotatable bonds is 0. The molecule has 1 aromatic rings. The number of aliphatic imine (C=N–C) groups is 1. The molecule has 1 aliphatic heterocycles. The fourth-order valence-electron chi connectivity index (χ4n) is 2.15. The van der Waals surface area contributed by atoms with Crippen molar-refractivity contribution < 1.29 is 9.59 Å². The zero-order valence-electron chi connectivity index (χ0n) is 9.75. The quantitative estimate of drug-likeness (QED) is 0.511. The SMILES string of the molecule is CN1C=CN=CC1=C1C(=O)c2ccccc2C1=O. The highest BCUT2D eigenvalue weighted by Gasteiger charge is 2.35. The van der Waals surface area contributed by atoms with Crippen LogP contribution in [-0.2, 0) is 0 Å². The van der Waals surface area contributed by atoms with E-state index >= 15 is 0 Å².